The Morgan fingerprint density at radius 3 is 2.57 bits per heavy atom. The average Bonchev–Trinajstić information content (AvgIpc) is 2.87. The summed E-state index contributed by atoms with van der Waals surface area (Å²) < 4.78 is 28.5. The first-order valence-corrected chi connectivity index (χ1v) is 9.57. The minimum absolute atomic E-state index is 0.0993. The van der Waals surface area contributed by atoms with Gasteiger partial charge in [0.25, 0.3) is 0 Å². The Hall–Kier alpha value is -0.430. The van der Waals surface area contributed by atoms with Gasteiger partial charge in [0.05, 0.1) is 4.90 Å². The summed E-state index contributed by atoms with van der Waals surface area (Å²) in [4.78, 5) is 0.317. The average molecular weight is 375 g/mol. The number of nitrogens with one attached hydrogen (secondary N) is 2. The topological polar surface area (TPSA) is 58.2 Å². The van der Waals surface area contributed by atoms with Gasteiger partial charge in [-0.25, -0.2) is 13.1 Å². The largest absolute Gasteiger partial charge is 0.316 e. The molecule has 1 aliphatic carbocycles. The van der Waals surface area contributed by atoms with Crippen LogP contribution in [-0.2, 0) is 16.6 Å². The molecule has 0 aliphatic heterocycles. The van der Waals surface area contributed by atoms with E-state index in [4.69, 9.17) is 0 Å². The van der Waals surface area contributed by atoms with Gasteiger partial charge in [0.15, 0.2) is 0 Å². The van der Waals surface area contributed by atoms with Gasteiger partial charge < -0.3 is 5.32 Å². The molecule has 118 valence electrons. The maximum Gasteiger partial charge on any atom is 0.241 e. The van der Waals surface area contributed by atoms with Crippen molar-refractivity contribution in [2.45, 2.75) is 44.0 Å². The molecular formula is C15H23BrN2O2S. The summed E-state index contributed by atoms with van der Waals surface area (Å²) in [5.41, 5.74) is 1.05. The summed E-state index contributed by atoms with van der Waals surface area (Å²) in [6.07, 6.45) is 4.58. The van der Waals surface area contributed by atoms with Crippen LogP contribution in [0, 0.1) is 5.41 Å². The van der Waals surface area contributed by atoms with Crippen LogP contribution in [0.3, 0.4) is 0 Å². The molecular weight excluding hydrogens is 352 g/mol. The Labute approximate surface area is 135 Å². The summed E-state index contributed by atoms with van der Waals surface area (Å²) in [7, 11) is -1.64. The predicted octanol–water partition coefficient (Wildman–Crippen LogP) is 3.03. The molecule has 0 radical (unpaired) electrons. The van der Waals surface area contributed by atoms with Crippen LogP contribution >= 0.6 is 15.9 Å². The molecule has 0 amide bonds. The van der Waals surface area contributed by atoms with E-state index in [2.05, 4.69) is 32.9 Å². The first kappa shape index (κ1) is 16.9. The third-order valence-corrected chi connectivity index (χ3v) is 6.56. The van der Waals surface area contributed by atoms with Crippen molar-refractivity contribution in [3.8, 4) is 0 Å². The fraction of sp³-hybridized carbons (Fsp3) is 0.600. The normalized spacial score (nSPS) is 18.0. The highest BCUT2D eigenvalue weighted by Gasteiger charge is 2.30. The number of hydrogen-bond donors (Lipinski definition) is 2. The summed E-state index contributed by atoms with van der Waals surface area (Å²) in [5, 5.41) is 3.03. The quantitative estimate of drug-likeness (QED) is 0.804. The minimum atomic E-state index is -3.48. The molecule has 1 saturated carbocycles. The summed E-state index contributed by atoms with van der Waals surface area (Å²) in [6.45, 7) is 3.32. The molecule has 0 unspecified atom stereocenters. The first-order valence-electron chi connectivity index (χ1n) is 7.29. The molecule has 0 atom stereocenters. The minimum Gasteiger partial charge on any atom is -0.316 e. The van der Waals surface area contributed by atoms with Crippen molar-refractivity contribution in [3.63, 3.8) is 0 Å². The Kier molecular flexibility index (Phi) is 5.46. The maximum atomic E-state index is 12.5. The molecule has 0 bridgehead atoms. The van der Waals surface area contributed by atoms with Crippen molar-refractivity contribution in [1.29, 1.82) is 0 Å². The number of halogens is 1. The van der Waals surface area contributed by atoms with Crippen molar-refractivity contribution in [2.75, 3.05) is 13.6 Å². The molecule has 2 N–H and O–H groups in total. The smallest absolute Gasteiger partial charge is 0.241 e. The van der Waals surface area contributed by atoms with Crippen molar-refractivity contribution < 1.29 is 8.42 Å². The van der Waals surface area contributed by atoms with E-state index in [-0.39, 0.29) is 5.41 Å². The van der Waals surface area contributed by atoms with Crippen molar-refractivity contribution in [1.82, 2.24) is 10.0 Å². The molecule has 1 aromatic carbocycles. The Bertz CT molecular complexity index is 596. The molecule has 21 heavy (non-hydrogen) atoms. The second kappa shape index (κ2) is 6.77. The Morgan fingerprint density at radius 1 is 1.29 bits per heavy atom. The lowest BCUT2D eigenvalue weighted by atomic mass is 9.89. The lowest BCUT2D eigenvalue weighted by Gasteiger charge is -2.23. The zero-order valence-corrected chi connectivity index (χ0v) is 15.0. The van der Waals surface area contributed by atoms with Crippen LogP contribution in [0.2, 0.25) is 0 Å². The third kappa shape index (κ3) is 4.28. The standard InChI is InChI=1S/C15H23BrN2O2S/c1-15(7-3-4-8-15)11-18-21(19,20)14-9-12(10-17-2)5-6-13(14)16/h5-6,9,17-18H,3-4,7-8,10-11H2,1-2H3. The molecule has 4 nitrogen and oxygen atoms in total. The fourth-order valence-corrected chi connectivity index (χ4v) is 5.03. The van der Waals surface area contributed by atoms with E-state index in [1.54, 1.807) is 12.1 Å². The van der Waals surface area contributed by atoms with E-state index in [1.165, 1.54) is 12.8 Å². The van der Waals surface area contributed by atoms with Gasteiger partial charge in [0.2, 0.25) is 10.0 Å². The molecule has 0 saturated heterocycles. The SMILES string of the molecule is CNCc1ccc(Br)c(S(=O)(=O)NCC2(C)CCCC2)c1. The van der Waals surface area contributed by atoms with Crippen molar-refractivity contribution in [2.24, 2.45) is 5.41 Å². The van der Waals surface area contributed by atoms with Crippen molar-refractivity contribution >= 4 is 26.0 Å². The van der Waals surface area contributed by atoms with Gasteiger partial charge in [0.1, 0.15) is 0 Å². The van der Waals surface area contributed by atoms with E-state index in [9.17, 15) is 8.42 Å². The monoisotopic (exact) mass is 374 g/mol. The highest BCUT2D eigenvalue weighted by atomic mass is 79.9. The Balaban J connectivity index is 2.16. The summed E-state index contributed by atoms with van der Waals surface area (Å²) in [5.74, 6) is 0. The Morgan fingerprint density at radius 2 is 1.95 bits per heavy atom. The lowest BCUT2D eigenvalue weighted by molar-refractivity contribution is 0.336. The van der Waals surface area contributed by atoms with Crippen LogP contribution in [-0.4, -0.2) is 22.0 Å². The zero-order chi connectivity index (χ0) is 15.5. The molecule has 2 rings (SSSR count). The highest BCUT2D eigenvalue weighted by Crippen LogP contribution is 2.37. The summed E-state index contributed by atoms with van der Waals surface area (Å²) >= 11 is 3.34. The summed E-state index contributed by atoms with van der Waals surface area (Å²) in [6, 6.07) is 5.43. The molecule has 1 aliphatic rings. The number of hydrogen-bond acceptors (Lipinski definition) is 3. The van der Waals surface area contributed by atoms with E-state index < -0.39 is 10.0 Å². The van der Waals surface area contributed by atoms with Crippen LogP contribution in [0.1, 0.15) is 38.2 Å². The van der Waals surface area contributed by atoms with Gasteiger partial charge >= 0.3 is 0 Å². The van der Waals surface area contributed by atoms with Crippen LogP contribution in [0.4, 0.5) is 0 Å². The van der Waals surface area contributed by atoms with Gasteiger partial charge in [0, 0.05) is 17.6 Å². The van der Waals surface area contributed by atoms with Crippen LogP contribution in [0.25, 0.3) is 0 Å². The maximum absolute atomic E-state index is 12.5. The fourth-order valence-electron chi connectivity index (χ4n) is 2.82. The number of sulfonamides is 1. The van der Waals surface area contributed by atoms with E-state index in [0.717, 1.165) is 18.4 Å². The first-order chi connectivity index (χ1) is 9.86. The second-order valence-electron chi connectivity index (χ2n) is 6.14. The zero-order valence-electron chi connectivity index (χ0n) is 12.6. The molecule has 0 spiro atoms. The van der Waals surface area contributed by atoms with Crippen LogP contribution < -0.4 is 10.0 Å². The van der Waals surface area contributed by atoms with Crippen LogP contribution in [0.15, 0.2) is 27.6 Å². The van der Waals surface area contributed by atoms with E-state index in [0.29, 0.717) is 22.5 Å². The van der Waals surface area contributed by atoms with Gasteiger partial charge in [-0.15, -0.1) is 0 Å². The van der Waals surface area contributed by atoms with E-state index in [1.807, 2.05) is 13.1 Å². The molecule has 1 fully saturated rings. The van der Waals surface area contributed by atoms with E-state index >= 15 is 0 Å². The van der Waals surface area contributed by atoms with Gasteiger partial charge in [-0.3, -0.25) is 0 Å². The number of rotatable bonds is 6. The van der Waals surface area contributed by atoms with Gasteiger partial charge in [-0.1, -0.05) is 25.8 Å². The lowest BCUT2D eigenvalue weighted by Crippen LogP contribution is -2.34. The number of benzene rings is 1. The molecule has 1 aromatic rings. The van der Waals surface area contributed by atoms with Gasteiger partial charge in [-0.2, -0.15) is 0 Å². The third-order valence-electron chi connectivity index (χ3n) is 4.17. The molecule has 0 heterocycles. The second-order valence-corrected chi connectivity index (χ2v) is 8.73. The highest BCUT2D eigenvalue weighted by molar-refractivity contribution is 9.10. The molecule has 0 aromatic heterocycles. The van der Waals surface area contributed by atoms with Gasteiger partial charge in [-0.05, 0) is 58.9 Å². The predicted molar refractivity (Wildman–Crippen MR) is 88.7 cm³/mol. The molecule has 6 heteroatoms. The van der Waals surface area contributed by atoms with Crippen LogP contribution in [0.5, 0.6) is 0 Å². The van der Waals surface area contributed by atoms with Crippen molar-refractivity contribution in [3.05, 3.63) is 28.2 Å².